The van der Waals surface area contributed by atoms with Gasteiger partial charge < -0.3 is 15.8 Å². The Labute approximate surface area is 143 Å². The second-order valence-corrected chi connectivity index (χ2v) is 7.11. The monoisotopic (exact) mass is 336 g/mol. The number of nitrogens with one attached hydrogen (secondary N) is 1. The molecule has 4 nitrogen and oxygen atoms in total. The molecule has 0 spiro atoms. The Hall–Kier alpha value is -1.20. The average molecular weight is 337 g/mol. The fourth-order valence-electron chi connectivity index (χ4n) is 2.76. The second kappa shape index (κ2) is 9.83. The fraction of sp³-hybridized carbons (Fsp3) is 0.611. The van der Waals surface area contributed by atoms with E-state index in [1.165, 1.54) is 19.3 Å². The van der Waals surface area contributed by atoms with Crippen LogP contribution in [0.3, 0.4) is 0 Å². The lowest BCUT2D eigenvalue weighted by atomic mass is 9.98. The van der Waals surface area contributed by atoms with Crippen LogP contribution in [-0.4, -0.2) is 30.1 Å². The lowest BCUT2D eigenvalue weighted by Gasteiger charge is -2.23. The standard InChI is InChI=1S/C18H28N2O2S/c1-23-12-11-17(19)18(21)20-13-14-7-9-16(10-8-14)22-15-5-3-2-4-6-15/h7-10,15,17H,2-6,11-13,19H2,1H3,(H,20,21)/t17-/m0/s1. The van der Waals surface area contributed by atoms with Crippen LogP contribution in [0, 0.1) is 0 Å². The van der Waals surface area contributed by atoms with Crippen LogP contribution in [-0.2, 0) is 11.3 Å². The molecule has 23 heavy (non-hydrogen) atoms. The number of thioether (sulfide) groups is 1. The molecule has 1 aliphatic carbocycles. The molecule has 3 N–H and O–H groups in total. The van der Waals surface area contributed by atoms with Gasteiger partial charge >= 0.3 is 0 Å². The number of ether oxygens (including phenoxy) is 1. The van der Waals surface area contributed by atoms with Gasteiger partial charge in [0.1, 0.15) is 5.75 Å². The summed E-state index contributed by atoms with van der Waals surface area (Å²) >= 11 is 1.70. The van der Waals surface area contributed by atoms with Gasteiger partial charge in [-0.3, -0.25) is 4.79 Å². The van der Waals surface area contributed by atoms with E-state index in [1.807, 2.05) is 30.5 Å². The molecule has 1 aromatic rings. The van der Waals surface area contributed by atoms with Crippen LogP contribution in [0.5, 0.6) is 5.75 Å². The van der Waals surface area contributed by atoms with Crippen molar-refractivity contribution in [3.05, 3.63) is 29.8 Å². The van der Waals surface area contributed by atoms with Crippen LogP contribution in [0.4, 0.5) is 0 Å². The average Bonchev–Trinajstić information content (AvgIpc) is 2.59. The molecule has 0 bridgehead atoms. The molecule has 0 aromatic heterocycles. The lowest BCUT2D eigenvalue weighted by molar-refractivity contribution is -0.122. The molecule has 1 saturated carbocycles. The molecule has 1 aromatic carbocycles. The SMILES string of the molecule is CSCC[C@H](N)C(=O)NCc1ccc(OC2CCCCC2)cc1. The zero-order valence-corrected chi connectivity index (χ0v) is 14.7. The van der Waals surface area contributed by atoms with Crippen molar-refractivity contribution >= 4 is 17.7 Å². The largest absolute Gasteiger partial charge is 0.490 e. The Balaban J connectivity index is 1.74. The summed E-state index contributed by atoms with van der Waals surface area (Å²) in [5, 5.41) is 2.89. The Morgan fingerprint density at radius 2 is 2.00 bits per heavy atom. The number of hydrogen-bond donors (Lipinski definition) is 2. The molecular weight excluding hydrogens is 308 g/mol. The Morgan fingerprint density at radius 3 is 2.65 bits per heavy atom. The minimum Gasteiger partial charge on any atom is -0.490 e. The van der Waals surface area contributed by atoms with Crippen LogP contribution in [0.2, 0.25) is 0 Å². The van der Waals surface area contributed by atoms with Crippen LogP contribution in [0.1, 0.15) is 44.1 Å². The van der Waals surface area contributed by atoms with E-state index in [0.29, 0.717) is 19.1 Å². The summed E-state index contributed by atoms with van der Waals surface area (Å²) in [6, 6.07) is 7.57. The van der Waals surface area contributed by atoms with E-state index < -0.39 is 6.04 Å². The highest BCUT2D eigenvalue weighted by Crippen LogP contribution is 2.23. The van der Waals surface area contributed by atoms with E-state index in [9.17, 15) is 4.79 Å². The molecule has 1 atom stereocenters. The summed E-state index contributed by atoms with van der Waals surface area (Å²) in [5.74, 6) is 1.74. The third-order valence-electron chi connectivity index (χ3n) is 4.21. The van der Waals surface area contributed by atoms with Crippen molar-refractivity contribution in [3.63, 3.8) is 0 Å². The molecule has 2 rings (SSSR count). The number of amides is 1. The molecule has 0 aliphatic heterocycles. The summed E-state index contributed by atoms with van der Waals surface area (Å²) in [5.41, 5.74) is 6.91. The summed E-state index contributed by atoms with van der Waals surface area (Å²) in [6.45, 7) is 0.509. The van der Waals surface area contributed by atoms with Crippen LogP contribution < -0.4 is 15.8 Å². The maximum atomic E-state index is 11.9. The minimum atomic E-state index is -0.420. The number of nitrogens with two attached hydrogens (primary N) is 1. The molecule has 1 aliphatic rings. The summed E-state index contributed by atoms with van der Waals surface area (Å²) in [6.07, 6.45) is 9.28. The first-order chi connectivity index (χ1) is 11.2. The van der Waals surface area contributed by atoms with Crippen molar-refractivity contribution in [1.82, 2.24) is 5.32 Å². The zero-order chi connectivity index (χ0) is 16.5. The molecule has 1 fully saturated rings. The van der Waals surface area contributed by atoms with Crippen molar-refractivity contribution in [2.24, 2.45) is 5.73 Å². The number of benzene rings is 1. The van der Waals surface area contributed by atoms with Gasteiger partial charge in [-0.15, -0.1) is 0 Å². The second-order valence-electron chi connectivity index (χ2n) is 6.13. The summed E-state index contributed by atoms with van der Waals surface area (Å²) in [4.78, 5) is 11.9. The first-order valence-electron chi connectivity index (χ1n) is 8.47. The highest BCUT2D eigenvalue weighted by atomic mass is 32.2. The van der Waals surface area contributed by atoms with Gasteiger partial charge in [0.15, 0.2) is 0 Å². The van der Waals surface area contributed by atoms with Gasteiger partial charge in [0.2, 0.25) is 5.91 Å². The fourth-order valence-corrected chi connectivity index (χ4v) is 3.25. The quantitative estimate of drug-likeness (QED) is 0.766. The van der Waals surface area contributed by atoms with Gasteiger partial charge in [0, 0.05) is 6.54 Å². The van der Waals surface area contributed by atoms with Gasteiger partial charge in [-0.05, 0) is 61.8 Å². The molecule has 0 heterocycles. The Morgan fingerprint density at radius 1 is 1.30 bits per heavy atom. The number of hydrogen-bond acceptors (Lipinski definition) is 4. The van der Waals surface area contributed by atoms with E-state index >= 15 is 0 Å². The van der Waals surface area contributed by atoms with E-state index in [-0.39, 0.29) is 5.91 Å². The normalized spacial score (nSPS) is 16.8. The van der Waals surface area contributed by atoms with Crippen molar-refractivity contribution in [2.45, 2.75) is 57.2 Å². The first-order valence-corrected chi connectivity index (χ1v) is 9.86. The van der Waals surface area contributed by atoms with Gasteiger partial charge in [0.25, 0.3) is 0 Å². The highest BCUT2D eigenvalue weighted by molar-refractivity contribution is 7.98. The molecule has 0 saturated heterocycles. The maximum Gasteiger partial charge on any atom is 0.237 e. The third kappa shape index (κ3) is 6.43. The first kappa shape index (κ1) is 18.1. The maximum absolute atomic E-state index is 11.9. The summed E-state index contributed by atoms with van der Waals surface area (Å²) < 4.78 is 6.01. The highest BCUT2D eigenvalue weighted by Gasteiger charge is 2.15. The molecule has 1 amide bonds. The van der Waals surface area contributed by atoms with Crippen LogP contribution in [0.15, 0.2) is 24.3 Å². The van der Waals surface area contributed by atoms with Gasteiger partial charge in [0.05, 0.1) is 12.1 Å². The van der Waals surface area contributed by atoms with E-state index in [1.54, 1.807) is 11.8 Å². The molecule has 0 unspecified atom stereocenters. The van der Waals surface area contributed by atoms with E-state index in [2.05, 4.69) is 5.32 Å². The third-order valence-corrected chi connectivity index (χ3v) is 4.86. The lowest BCUT2D eigenvalue weighted by Crippen LogP contribution is -2.40. The van der Waals surface area contributed by atoms with Gasteiger partial charge in [-0.25, -0.2) is 0 Å². The van der Waals surface area contributed by atoms with Crippen molar-refractivity contribution in [3.8, 4) is 5.75 Å². The minimum absolute atomic E-state index is 0.0819. The smallest absolute Gasteiger partial charge is 0.237 e. The zero-order valence-electron chi connectivity index (χ0n) is 13.9. The van der Waals surface area contributed by atoms with Crippen molar-refractivity contribution in [2.75, 3.05) is 12.0 Å². The van der Waals surface area contributed by atoms with Gasteiger partial charge in [-0.2, -0.15) is 11.8 Å². The topological polar surface area (TPSA) is 64.4 Å². The predicted octanol–water partition coefficient (Wildman–Crippen LogP) is 3.09. The molecular formula is C18H28N2O2S. The van der Waals surface area contributed by atoms with E-state index in [0.717, 1.165) is 29.9 Å². The van der Waals surface area contributed by atoms with Gasteiger partial charge in [-0.1, -0.05) is 18.6 Å². The number of carbonyl (C=O) groups is 1. The predicted molar refractivity (Wildman–Crippen MR) is 96.8 cm³/mol. The molecule has 5 heteroatoms. The van der Waals surface area contributed by atoms with Crippen molar-refractivity contribution in [1.29, 1.82) is 0 Å². The van der Waals surface area contributed by atoms with Crippen LogP contribution >= 0.6 is 11.8 Å². The van der Waals surface area contributed by atoms with E-state index in [4.69, 9.17) is 10.5 Å². The Bertz CT molecular complexity index is 472. The van der Waals surface area contributed by atoms with Crippen molar-refractivity contribution < 1.29 is 9.53 Å². The molecule has 128 valence electrons. The number of rotatable bonds is 8. The Kier molecular flexibility index (Phi) is 7.76. The molecule has 0 radical (unpaired) electrons. The number of carbonyl (C=O) groups excluding carboxylic acids is 1. The summed E-state index contributed by atoms with van der Waals surface area (Å²) in [7, 11) is 0. The van der Waals surface area contributed by atoms with Crippen LogP contribution in [0.25, 0.3) is 0 Å².